The van der Waals surface area contributed by atoms with Crippen LogP contribution in [0.2, 0.25) is 0 Å². The summed E-state index contributed by atoms with van der Waals surface area (Å²) in [5.74, 6) is 0. The molecule has 4 nitrogen and oxygen atoms in total. The largest absolute Gasteiger partial charge is 2.00 e. The average Bonchev–Trinajstić information content (AvgIpc) is 0.722. The van der Waals surface area contributed by atoms with Gasteiger partial charge in [-0.05, 0) is 0 Å². The number of rotatable bonds is 0. The van der Waals surface area contributed by atoms with Gasteiger partial charge in [0.15, 0.2) is 0 Å². The first-order valence-corrected chi connectivity index (χ1v) is 2.00. The molecule has 0 aliphatic carbocycles. The van der Waals surface area contributed by atoms with Crippen LogP contribution in [-0.2, 0) is 44.0 Å². The molecule has 0 bridgehead atoms. The monoisotopic (exact) mass is 210 g/mol. The molecule has 0 aliphatic rings. The van der Waals surface area contributed by atoms with Crippen molar-refractivity contribution in [2.45, 2.75) is 0 Å². The molecule has 0 aromatic heterocycles. The van der Waals surface area contributed by atoms with Crippen LogP contribution in [0.1, 0.15) is 0 Å². The molecule has 48 valence electrons. The molecule has 0 heterocycles. The predicted octanol–water partition coefficient (Wildman–Crippen LogP) is -1.34. The fourth-order valence-electron chi connectivity index (χ4n) is 0. The van der Waals surface area contributed by atoms with Gasteiger partial charge in [0.25, 0.3) is 0 Å². The SMILES string of the molecule is O=S(=O)([O-])[O-].[Fe].[Ni+2]. The summed E-state index contributed by atoms with van der Waals surface area (Å²) in [5, 5.41) is 0. The van der Waals surface area contributed by atoms with Crippen molar-refractivity contribution in [1.29, 1.82) is 0 Å². The molecular formula is FeNiO4S. The number of hydrogen-bond acceptors (Lipinski definition) is 4. The average molecular weight is 211 g/mol. The zero-order valence-corrected chi connectivity index (χ0v) is 5.62. The van der Waals surface area contributed by atoms with E-state index in [9.17, 15) is 0 Å². The van der Waals surface area contributed by atoms with Crippen molar-refractivity contribution in [3.63, 3.8) is 0 Å². The molecule has 0 amide bonds. The second-order valence-electron chi connectivity index (χ2n) is 0.408. The van der Waals surface area contributed by atoms with Gasteiger partial charge in [-0.1, -0.05) is 0 Å². The molecule has 0 N–H and O–H groups in total. The van der Waals surface area contributed by atoms with E-state index in [0.717, 1.165) is 0 Å². The number of hydrogen-bond donors (Lipinski definition) is 0. The van der Waals surface area contributed by atoms with Crippen molar-refractivity contribution >= 4 is 10.4 Å². The Morgan fingerprint density at radius 3 is 1.14 bits per heavy atom. The standard InChI is InChI=1S/Fe.Ni.H2O4S/c;;1-5(2,3)4/h;;(H2,1,2,3,4)/q;+2;/p-2. The van der Waals surface area contributed by atoms with Gasteiger partial charge >= 0.3 is 16.5 Å². The zero-order valence-electron chi connectivity index (χ0n) is 2.71. The third kappa shape index (κ3) is 210. The fraction of sp³-hybridized carbons (Fsp3) is 0. The van der Waals surface area contributed by atoms with E-state index >= 15 is 0 Å². The Balaban J connectivity index is -0.0000000800. The van der Waals surface area contributed by atoms with Crippen molar-refractivity contribution in [2.75, 3.05) is 0 Å². The minimum absolute atomic E-state index is 0. The molecule has 0 fully saturated rings. The first-order valence-electron chi connectivity index (χ1n) is 0.667. The first kappa shape index (κ1) is 15.7. The summed E-state index contributed by atoms with van der Waals surface area (Å²) in [7, 11) is -5.17. The van der Waals surface area contributed by atoms with E-state index in [0.29, 0.717) is 0 Å². The van der Waals surface area contributed by atoms with Crippen LogP contribution in [0.4, 0.5) is 0 Å². The maximum atomic E-state index is 8.52. The Morgan fingerprint density at radius 1 is 1.14 bits per heavy atom. The normalized spacial score (nSPS) is 8.29. The Hall–Kier alpha value is 0.883. The van der Waals surface area contributed by atoms with Gasteiger partial charge in [0, 0.05) is 27.5 Å². The zero-order chi connectivity index (χ0) is 4.50. The molecular weight excluding hydrogens is 211 g/mol. The van der Waals surface area contributed by atoms with E-state index in [1.165, 1.54) is 0 Å². The van der Waals surface area contributed by atoms with Crippen molar-refractivity contribution in [3.8, 4) is 0 Å². The second-order valence-corrected chi connectivity index (χ2v) is 1.22. The first-order chi connectivity index (χ1) is 2.00. The Kier molecular flexibility index (Phi) is 11.3. The maximum absolute atomic E-state index is 8.52. The maximum Gasteiger partial charge on any atom is 2.00 e. The molecule has 0 spiro atoms. The third-order valence-electron chi connectivity index (χ3n) is 0. The minimum Gasteiger partial charge on any atom is -0.759 e. The molecule has 0 unspecified atom stereocenters. The fourth-order valence-corrected chi connectivity index (χ4v) is 0. The van der Waals surface area contributed by atoms with E-state index < -0.39 is 10.4 Å². The van der Waals surface area contributed by atoms with Crippen molar-refractivity contribution in [3.05, 3.63) is 0 Å². The summed E-state index contributed by atoms with van der Waals surface area (Å²) in [6, 6.07) is 0. The molecule has 0 saturated heterocycles. The molecule has 0 aromatic carbocycles. The minimum atomic E-state index is -5.17. The summed E-state index contributed by atoms with van der Waals surface area (Å²) in [4.78, 5) is 0. The molecule has 0 saturated carbocycles. The van der Waals surface area contributed by atoms with E-state index in [4.69, 9.17) is 17.5 Å². The predicted molar refractivity (Wildman–Crippen MR) is 10.5 cm³/mol. The van der Waals surface area contributed by atoms with Gasteiger partial charge in [0.2, 0.25) is 0 Å². The summed E-state index contributed by atoms with van der Waals surface area (Å²) >= 11 is 0. The molecule has 0 aromatic rings. The van der Waals surface area contributed by atoms with Gasteiger partial charge in [-0.25, -0.2) is 0 Å². The van der Waals surface area contributed by atoms with Crippen molar-refractivity contribution in [1.82, 2.24) is 0 Å². The molecule has 0 aliphatic heterocycles. The van der Waals surface area contributed by atoms with Crippen LogP contribution in [0, 0.1) is 0 Å². The van der Waals surface area contributed by atoms with Gasteiger partial charge in [0.1, 0.15) is 0 Å². The van der Waals surface area contributed by atoms with Crippen LogP contribution in [0.3, 0.4) is 0 Å². The second kappa shape index (κ2) is 5.03. The van der Waals surface area contributed by atoms with Crippen LogP contribution in [0.5, 0.6) is 0 Å². The van der Waals surface area contributed by atoms with E-state index in [-0.39, 0.29) is 33.6 Å². The van der Waals surface area contributed by atoms with Crippen molar-refractivity contribution in [2.24, 2.45) is 0 Å². The van der Waals surface area contributed by atoms with Gasteiger partial charge in [-0.2, -0.15) is 0 Å². The van der Waals surface area contributed by atoms with Crippen molar-refractivity contribution < 1.29 is 51.1 Å². The topological polar surface area (TPSA) is 80.3 Å². The summed E-state index contributed by atoms with van der Waals surface area (Å²) < 4.78 is 34.1. The summed E-state index contributed by atoms with van der Waals surface area (Å²) in [5.41, 5.74) is 0. The van der Waals surface area contributed by atoms with Gasteiger partial charge in [-0.3, -0.25) is 8.42 Å². The van der Waals surface area contributed by atoms with E-state index in [1.54, 1.807) is 0 Å². The molecule has 0 atom stereocenters. The van der Waals surface area contributed by atoms with Crippen LogP contribution >= 0.6 is 0 Å². The van der Waals surface area contributed by atoms with Gasteiger partial charge < -0.3 is 9.11 Å². The van der Waals surface area contributed by atoms with E-state index in [2.05, 4.69) is 0 Å². The smallest absolute Gasteiger partial charge is 0.759 e. The molecule has 7 heteroatoms. The Labute approximate surface area is 61.6 Å². The summed E-state index contributed by atoms with van der Waals surface area (Å²) in [6.45, 7) is 0. The van der Waals surface area contributed by atoms with Crippen LogP contribution < -0.4 is 0 Å². The van der Waals surface area contributed by atoms with Crippen LogP contribution in [0.15, 0.2) is 0 Å². The van der Waals surface area contributed by atoms with Crippen LogP contribution in [0.25, 0.3) is 0 Å². The molecule has 0 rings (SSSR count). The molecule has 7 heavy (non-hydrogen) atoms. The van der Waals surface area contributed by atoms with Gasteiger partial charge in [0.05, 0.1) is 0 Å². The quantitative estimate of drug-likeness (QED) is 0.282. The Bertz CT molecular complexity index is 94.9. The van der Waals surface area contributed by atoms with E-state index in [1.807, 2.05) is 0 Å². The summed E-state index contributed by atoms with van der Waals surface area (Å²) in [6.07, 6.45) is 0. The third-order valence-corrected chi connectivity index (χ3v) is 0. The Morgan fingerprint density at radius 2 is 1.14 bits per heavy atom. The molecule has 0 radical (unpaired) electrons. The van der Waals surface area contributed by atoms with Crippen LogP contribution in [-0.4, -0.2) is 17.5 Å². The van der Waals surface area contributed by atoms with Gasteiger partial charge in [-0.15, -0.1) is 0 Å².